The first-order valence-corrected chi connectivity index (χ1v) is 11.1. The van der Waals surface area contributed by atoms with Crippen LogP contribution in [-0.2, 0) is 11.3 Å². The minimum atomic E-state index is -0.468. The summed E-state index contributed by atoms with van der Waals surface area (Å²) in [4.78, 5) is 24.0. The molecule has 4 rings (SSSR count). The van der Waals surface area contributed by atoms with E-state index in [1.54, 1.807) is 12.1 Å². The summed E-state index contributed by atoms with van der Waals surface area (Å²) in [6, 6.07) is 24.2. The molecule has 2 N–H and O–H groups in total. The van der Waals surface area contributed by atoms with Crippen LogP contribution in [0.3, 0.4) is 0 Å². The van der Waals surface area contributed by atoms with Gasteiger partial charge in [-0.3, -0.25) is 14.9 Å². The molecular formula is C26H27N3O4. The Morgan fingerprint density at radius 1 is 1.03 bits per heavy atom. The van der Waals surface area contributed by atoms with E-state index in [0.29, 0.717) is 25.4 Å². The van der Waals surface area contributed by atoms with Crippen LogP contribution in [0.25, 0.3) is 0 Å². The first-order valence-electron chi connectivity index (χ1n) is 11.1. The number of nitrogens with one attached hydrogen (secondary N) is 2. The lowest BCUT2D eigenvalue weighted by atomic mass is 9.89. The summed E-state index contributed by atoms with van der Waals surface area (Å²) in [5.41, 5.74) is 2.63. The van der Waals surface area contributed by atoms with Gasteiger partial charge in [-0.15, -0.1) is 0 Å². The van der Waals surface area contributed by atoms with Crippen LogP contribution in [0.5, 0.6) is 0 Å². The highest BCUT2D eigenvalue weighted by Gasteiger charge is 2.28. The van der Waals surface area contributed by atoms with Crippen LogP contribution in [0.4, 0.5) is 11.4 Å². The molecule has 1 amide bonds. The lowest BCUT2D eigenvalue weighted by Crippen LogP contribution is -2.35. The van der Waals surface area contributed by atoms with Crippen LogP contribution < -0.4 is 10.6 Å². The Balaban J connectivity index is 1.42. The maximum atomic E-state index is 12.8. The Kier molecular flexibility index (Phi) is 7.32. The van der Waals surface area contributed by atoms with E-state index in [1.165, 1.54) is 6.07 Å². The van der Waals surface area contributed by atoms with Crippen molar-refractivity contribution >= 4 is 17.3 Å². The number of ether oxygens (including phenoxy) is 1. The molecule has 2 atom stereocenters. The molecule has 1 aliphatic heterocycles. The molecule has 7 heteroatoms. The van der Waals surface area contributed by atoms with E-state index in [2.05, 4.69) is 10.6 Å². The van der Waals surface area contributed by atoms with Crippen LogP contribution in [0.2, 0.25) is 0 Å². The van der Waals surface area contributed by atoms with E-state index >= 15 is 0 Å². The highest BCUT2D eigenvalue weighted by Crippen LogP contribution is 2.33. The minimum Gasteiger partial charge on any atom is -0.375 e. The summed E-state index contributed by atoms with van der Waals surface area (Å²) < 4.78 is 6.00. The molecule has 3 aromatic carbocycles. The van der Waals surface area contributed by atoms with Gasteiger partial charge in [0.05, 0.1) is 11.0 Å². The Bertz CT molecular complexity index is 1090. The monoisotopic (exact) mass is 445 g/mol. The van der Waals surface area contributed by atoms with E-state index in [1.807, 2.05) is 60.7 Å². The van der Waals surface area contributed by atoms with Crippen LogP contribution in [-0.4, -0.2) is 24.0 Å². The van der Waals surface area contributed by atoms with Gasteiger partial charge < -0.3 is 15.4 Å². The number of nitro benzene ring substituents is 1. The number of nitrogens with zero attached hydrogens (tertiary/aromatic N) is 1. The molecule has 1 aliphatic rings. The lowest BCUT2D eigenvalue weighted by Gasteiger charge is -2.32. The number of amides is 1. The summed E-state index contributed by atoms with van der Waals surface area (Å²) in [7, 11) is 0. The number of nitro groups is 1. The Morgan fingerprint density at radius 2 is 1.76 bits per heavy atom. The number of hydrogen-bond acceptors (Lipinski definition) is 5. The smallest absolute Gasteiger partial charge is 0.293 e. The molecule has 170 valence electrons. The number of hydrogen-bond donors (Lipinski definition) is 2. The van der Waals surface area contributed by atoms with Crippen molar-refractivity contribution < 1.29 is 14.5 Å². The fraction of sp³-hybridized carbons (Fsp3) is 0.269. The third-order valence-corrected chi connectivity index (χ3v) is 5.88. The summed E-state index contributed by atoms with van der Waals surface area (Å²) in [6.45, 7) is 1.60. The highest BCUT2D eigenvalue weighted by molar-refractivity contribution is 5.95. The second kappa shape index (κ2) is 10.7. The maximum absolute atomic E-state index is 12.8. The summed E-state index contributed by atoms with van der Waals surface area (Å²) >= 11 is 0. The predicted octanol–water partition coefficient (Wildman–Crippen LogP) is 5.10. The van der Waals surface area contributed by atoms with Gasteiger partial charge in [0.15, 0.2) is 0 Å². The van der Waals surface area contributed by atoms with Gasteiger partial charge in [0.25, 0.3) is 11.6 Å². The first-order chi connectivity index (χ1) is 16.1. The summed E-state index contributed by atoms with van der Waals surface area (Å²) in [5.74, 6) is -0.183. The third kappa shape index (κ3) is 5.75. The van der Waals surface area contributed by atoms with E-state index in [-0.39, 0.29) is 29.2 Å². The van der Waals surface area contributed by atoms with E-state index < -0.39 is 4.92 Å². The number of carbonyl (C=O) groups excluding carboxylic acids is 1. The van der Waals surface area contributed by atoms with Gasteiger partial charge in [0.1, 0.15) is 5.69 Å². The predicted molar refractivity (Wildman–Crippen MR) is 127 cm³/mol. The SMILES string of the molecule is O=C(NCC1CCCOC1c1ccccc1)c1ccc(NCc2ccccc2)c([N+](=O)[O-])c1. The lowest BCUT2D eigenvalue weighted by molar-refractivity contribution is -0.384. The number of rotatable bonds is 8. The largest absolute Gasteiger partial charge is 0.375 e. The number of carbonyl (C=O) groups is 1. The van der Waals surface area contributed by atoms with E-state index in [0.717, 1.165) is 24.0 Å². The van der Waals surface area contributed by atoms with Crippen LogP contribution in [0.15, 0.2) is 78.9 Å². The molecule has 0 spiro atoms. The Morgan fingerprint density at radius 3 is 2.48 bits per heavy atom. The Hall–Kier alpha value is -3.71. The van der Waals surface area contributed by atoms with E-state index in [4.69, 9.17) is 4.74 Å². The van der Waals surface area contributed by atoms with Crippen LogP contribution >= 0.6 is 0 Å². The van der Waals surface area contributed by atoms with Crippen LogP contribution in [0, 0.1) is 16.0 Å². The van der Waals surface area contributed by atoms with Gasteiger partial charge >= 0.3 is 0 Å². The zero-order valence-corrected chi connectivity index (χ0v) is 18.3. The molecule has 33 heavy (non-hydrogen) atoms. The molecule has 2 unspecified atom stereocenters. The van der Waals surface area contributed by atoms with Crippen molar-refractivity contribution in [2.24, 2.45) is 5.92 Å². The summed E-state index contributed by atoms with van der Waals surface area (Å²) in [6.07, 6.45) is 1.82. The quantitative estimate of drug-likeness (QED) is 0.371. The molecule has 1 saturated heterocycles. The molecule has 3 aromatic rings. The second-order valence-electron chi connectivity index (χ2n) is 8.14. The standard InChI is InChI=1S/C26H27N3O4/c30-26(28-18-22-12-7-15-33-25(22)20-10-5-2-6-11-20)21-13-14-23(24(16-21)29(31)32)27-17-19-8-3-1-4-9-19/h1-6,8-11,13-14,16,22,25,27H,7,12,15,17-18H2,(H,28,30). The van der Waals surface area contributed by atoms with Gasteiger partial charge in [0, 0.05) is 37.2 Å². The van der Waals surface area contributed by atoms with Gasteiger partial charge in [-0.1, -0.05) is 60.7 Å². The molecule has 0 radical (unpaired) electrons. The van der Waals surface area contributed by atoms with Crippen molar-refractivity contribution in [1.82, 2.24) is 5.32 Å². The van der Waals surface area contributed by atoms with Crippen molar-refractivity contribution in [3.63, 3.8) is 0 Å². The normalized spacial score (nSPS) is 17.8. The van der Waals surface area contributed by atoms with Crippen molar-refractivity contribution in [2.45, 2.75) is 25.5 Å². The van der Waals surface area contributed by atoms with Gasteiger partial charge in [0.2, 0.25) is 0 Å². The zero-order chi connectivity index (χ0) is 23.0. The molecular weight excluding hydrogens is 418 g/mol. The first kappa shape index (κ1) is 22.5. The average molecular weight is 446 g/mol. The molecule has 1 heterocycles. The molecule has 0 aliphatic carbocycles. The molecule has 0 bridgehead atoms. The fourth-order valence-corrected chi connectivity index (χ4v) is 4.16. The van der Waals surface area contributed by atoms with Gasteiger partial charge in [-0.25, -0.2) is 0 Å². The molecule has 0 aromatic heterocycles. The highest BCUT2D eigenvalue weighted by atomic mass is 16.6. The molecule has 1 fully saturated rings. The van der Waals surface area contributed by atoms with Crippen molar-refractivity contribution in [2.75, 3.05) is 18.5 Å². The average Bonchev–Trinajstić information content (AvgIpc) is 2.87. The molecule has 0 saturated carbocycles. The van der Waals surface area contributed by atoms with Gasteiger partial charge in [-0.2, -0.15) is 0 Å². The van der Waals surface area contributed by atoms with Crippen LogP contribution in [0.1, 0.15) is 40.4 Å². The number of anilines is 1. The van der Waals surface area contributed by atoms with Crippen molar-refractivity contribution in [3.8, 4) is 0 Å². The topological polar surface area (TPSA) is 93.5 Å². The molecule has 7 nitrogen and oxygen atoms in total. The van der Waals surface area contributed by atoms with Crippen molar-refractivity contribution in [3.05, 3.63) is 106 Å². The third-order valence-electron chi connectivity index (χ3n) is 5.88. The van der Waals surface area contributed by atoms with E-state index in [9.17, 15) is 14.9 Å². The second-order valence-corrected chi connectivity index (χ2v) is 8.14. The fourth-order valence-electron chi connectivity index (χ4n) is 4.16. The maximum Gasteiger partial charge on any atom is 0.293 e. The summed E-state index contributed by atoms with van der Waals surface area (Å²) in [5, 5.41) is 17.7. The minimum absolute atomic E-state index is 0.0702. The zero-order valence-electron chi connectivity index (χ0n) is 18.3. The Labute approximate surface area is 192 Å². The van der Waals surface area contributed by atoms with Gasteiger partial charge in [-0.05, 0) is 36.1 Å². The number of benzene rings is 3. The van der Waals surface area contributed by atoms with Crippen molar-refractivity contribution in [1.29, 1.82) is 0 Å².